The Balaban J connectivity index is 1.86. The van der Waals surface area contributed by atoms with Gasteiger partial charge in [-0.3, -0.25) is 0 Å². The highest BCUT2D eigenvalue weighted by Crippen LogP contribution is 2.41. The fourth-order valence-corrected chi connectivity index (χ4v) is 3.69. The molecule has 1 saturated heterocycles. The molecule has 98 valence electrons. The molecule has 1 aromatic rings. The number of likely N-dealkylation sites (tertiary alicyclic amines) is 1. The number of hydrogen-bond donors (Lipinski definition) is 1. The van der Waals surface area contributed by atoms with E-state index in [0.717, 1.165) is 12.5 Å². The van der Waals surface area contributed by atoms with Crippen molar-refractivity contribution >= 4 is 0 Å². The van der Waals surface area contributed by atoms with Gasteiger partial charge in [-0.1, -0.05) is 37.1 Å². The number of benzene rings is 1. The van der Waals surface area contributed by atoms with Gasteiger partial charge in [-0.2, -0.15) is 0 Å². The highest BCUT2D eigenvalue weighted by atomic mass is 15.2. The summed E-state index contributed by atoms with van der Waals surface area (Å²) in [6, 6.07) is 9.26. The Morgan fingerprint density at radius 3 is 2.61 bits per heavy atom. The van der Waals surface area contributed by atoms with Gasteiger partial charge in [0.05, 0.1) is 0 Å². The van der Waals surface area contributed by atoms with Gasteiger partial charge >= 0.3 is 0 Å². The van der Waals surface area contributed by atoms with Crippen molar-refractivity contribution in [1.29, 1.82) is 0 Å². The molecule has 1 aliphatic heterocycles. The zero-order valence-electron chi connectivity index (χ0n) is 11.4. The molecule has 1 aromatic carbocycles. The predicted molar refractivity (Wildman–Crippen MR) is 75.9 cm³/mol. The maximum Gasteiger partial charge on any atom is 0.00934 e. The Labute approximate surface area is 110 Å². The van der Waals surface area contributed by atoms with Gasteiger partial charge in [-0.05, 0) is 31.0 Å². The maximum atomic E-state index is 6.09. The second kappa shape index (κ2) is 4.67. The molecule has 2 N–H and O–H groups in total. The predicted octanol–water partition coefficient (Wildman–Crippen LogP) is 2.49. The lowest BCUT2D eigenvalue weighted by Crippen LogP contribution is -2.42. The van der Waals surface area contributed by atoms with Gasteiger partial charge in [0.15, 0.2) is 0 Å². The Kier molecular flexibility index (Phi) is 3.16. The molecule has 0 radical (unpaired) electrons. The van der Waals surface area contributed by atoms with Crippen LogP contribution < -0.4 is 5.73 Å². The van der Waals surface area contributed by atoms with Crippen molar-refractivity contribution < 1.29 is 0 Å². The summed E-state index contributed by atoms with van der Waals surface area (Å²) in [7, 11) is 2.19. The molecule has 0 atom stereocenters. The van der Waals surface area contributed by atoms with E-state index in [1.807, 2.05) is 0 Å². The van der Waals surface area contributed by atoms with Crippen LogP contribution in [0, 0.1) is 0 Å². The molecule has 2 fully saturated rings. The standard InChI is InChI=1S/C16H24N2/c1-18-10-14(11-18)13-5-4-6-15(9-13)16(12-17)7-2-3-8-16/h4-6,9,14H,2-3,7-8,10-12,17H2,1H3. The molecule has 0 amide bonds. The molecule has 1 aliphatic carbocycles. The van der Waals surface area contributed by atoms with Crippen LogP contribution in [0.3, 0.4) is 0 Å². The maximum absolute atomic E-state index is 6.09. The average molecular weight is 244 g/mol. The fourth-order valence-electron chi connectivity index (χ4n) is 3.69. The van der Waals surface area contributed by atoms with Crippen LogP contribution in [0.1, 0.15) is 42.7 Å². The van der Waals surface area contributed by atoms with Crippen LogP contribution in [-0.2, 0) is 5.41 Å². The lowest BCUT2D eigenvalue weighted by atomic mass is 9.77. The second-order valence-electron chi connectivity index (χ2n) is 6.24. The van der Waals surface area contributed by atoms with Gasteiger partial charge in [0.2, 0.25) is 0 Å². The van der Waals surface area contributed by atoms with Gasteiger partial charge in [-0.15, -0.1) is 0 Å². The summed E-state index contributed by atoms with van der Waals surface area (Å²) in [5.41, 5.74) is 9.38. The van der Waals surface area contributed by atoms with Crippen LogP contribution in [0.2, 0.25) is 0 Å². The number of nitrogens with zero attached hydrogens (tertiary/aromatic N) is 1. The van der Waals surface area contributed by atoms with Crippen LogP contribution in [0.15, 0.2) is 24.3 Å². The third-order valence-corrected chi connectivity index (χ3v) is 4.99. The summed E-state index contributed by atoms with van der Waals surface area (Å²) in [5.74, 6) is 0.742. The van der Waals surface area contributed by atoms with Gasteiger partial charge in [0.25, 0.3) is 0 Å². The lowest BCUT2D eigenvalue weighted by Gasteiger charge is -2.37. The van der Waals surface area contributed by atoms with Crippen LogP contribution in [0.4, 0.5) is 0 Å². The van der Waals surface area contributed by atoms with Crippen LogP contribution >= 0.6 is 0 Å². The Morgan fingerprint density at radius 2 is 2.00 bits per heavy atom. The summed E-state index contributed by atoms with van der Waals surface area (Å²) in [6.45, 7) is 3.22. The summed E-state index contributed by atoms with van der Waals surface area (Å²) < 4.78 is 0. The third-order valence-electron chi connectivity index (χ3n) is 4.99. The van der Waals surface area contributed by atoms with Gasteiger partial charge < -0.3 is 10.6 Å². The SMILES string of the molecule is CN1CC(c2cccc(C3(CN)CCCC3)c2)C1. The van der Waals surface area contributed by atoms with Crippen LogP contribution in [0.5, 0.6) is 0 Å². The molecule has 0 aromatic heterocycles. The first-order valence-corrected chi connectivity index (χ1v) is 7.23. The zero-order chi connectivity index (χ0) is 12.6. The van der Waals surface area contributed by atoms with E-state index in [9.17, 15) is 0 Å². The summed E-state index contributed by atoms with van der Waals surface area (Å²) in [6.07, 6.45) is 5.23. The number of rotatable bonds is 3. The number of hydrogen-bond acceptors (Lipinski definition) is 2. The minimum absolute atomic E-state index is 0.283. The molecule has 1 heterocycles. The molecular weight excluding hydrogens is 220 g/mol. The first kappa shape index (κ1) is 12.2. The van der Waals surface area contributed by atoms with Crippen molar-refractivity contribution in [1.82, 2.24) is 4.90 Å². The van der Waals surface area contributed by atoms with E-state index in [1.165, 1.54) is 49.9 Å². The minimum Gasteiger partial charge on any atom is -0.330 e. The Morgan fingerprint density at radius 1 is 1.28 bits per heavy atom. The Bertz CT molecular complexity index is 415. The second-order valence-corrected chi connectivity index (χ2v) is 6.24. The van der Waals surface area contributed by atoms with Crippen molar-refractivity contribution in [2.45, 2.75) is 37.0 Å². The molecule has 2 aliphatic rings. The van der Waals surface area contributed by atoms with Crippen LogP contribution in [-0.4, -0.2) is 31.6 Å². The van der Waals surface area contributed by atoms with E-state index in [2.05, 4.69) is 36.2 Å². The van der Waals surface area contributed by atoms with Crippen molar-refractivity contribution in [3.05, 3.63) is 35.4 Å². The number of likely N-dealkylation sites (N-methyl/N-ethyl adjacent to an activating group) is 1. The van der Waals surface area contributed by atoms with Gasteiger partial charge in [0.1, 0.15) is 0 Å². The topological polar surface area (TPSA) is 29.3 Å². The molecule has 18 heavy (non-hydrogen) atoms. The summed E-state index contributed by atoms with van der Waals surface area (Å²) in [4.78, 5) is 2.38. The highest BCUT2D eigenvalue weighted by Gasteiger charge is 2.35. The largest absolute Gasteiger partial charge is 0.330 e. The molecular formula is C16H24N2. The Hall–Kier alpha value is -0.860. The minimum atomic E-state index is 0.283. The summed E-state index contributed by atoms with van der Waals surface area (Å²) >= 11 is 0. The van der Waals surface area contributed by atoms with E-state index in [0.29, 0.717) is 0 Å². The van der Waals surface area contributed by atoms with Crippen molar-refractivity contribution in [3.8, 4) is 0 Å². The first-order valence-electron chi connectivity index (χ1n) is 7.23. The zero-order valence-corrected chi connectivity index (χ0v) is 11.4. The lowest BCUT2D eigenvalue weighted by molar-refractivity contribution is 0.189. The molecule has 0 bridgehead atoms. The third kappa shape index (κ3) is 1.98. The number of nitrogens with two attached hydrogens (primary N) is 1. The molecule has 0 unspecified atom stereocenters. The van der Waals surface area contributed by atoms with Gasteiger partial charge in [0, 0.05) is 31.0 Å². The molecule has 2 heteroatoms. The summed E-state index contributed by atoms with van der Waals surface area (Å²) in [5, 5.41) is 0. The molecule has 1 saturated carbocycles. The molecule has 3 rings (SSSR count). The molecule has 0 spiro atoms. The van der Waals surface area contributed by atoms with Crippen LogP contribution in [0.25, 0.3) is 0 Å². The fraction of sp³-hybridized carbons (Fsp3) is 0.625. The average Bonchev–Trinajstić information content (AvgIpc) is 2.85. The smallest absolute Gasteiger partial charge is 0.00934 e. The van der Waals surface area contributed by atoms with E-state index >= 15 is 0 Å². The quantitative estimate of drug-likeness (QED) is 0.885. The highest BCUT2D eigenvalue weighted by molar-refractivity contribution is 5.34. The normalized spacial score (nSPS) is 24.1. The van der Waals surface area contributed by atoms with Gasteiger partial charge in [-0.25, -0.2) is 0 Å². The van der Waals surface area contributed by atoms with Crippen molar-refractivity contribution in [2.75, 3.05) is 26.7 Å². The van der Waals surface area contributed by atoms with E-state index < -0.39 is 0 Å². The monoisotopic (exact) mass is 244 g/mol. The van der Waals surface area contributed by atoms with E-state index in [4.69, 9.17) is 5.73 Å². The first-order chi connectivity index (χ1) is 8.73. The van der Waals surface area contributed by atoms with Crippen molar-refractivity contribution in [2.24, 2.45) is 5.73 Å². The van der Waals surface area contributed by atoms with E-state index in [1.54, 1.807) is 0 Å². The molecule has 2 nitrogen and oxygen atoms in total. The van der Waals surface area contributed by atoms with Crippen molar-refractivity contribution in [3.63, 3.8) is 0 Å². The van der Waals surface area contributed by atoms with E-state index in [-0.39, 0.29) is 5.41 Å².